The Kier molecular flexibility index (Phi) is 8.70. The zero-order valence-electron chi connectivity index (χ0n) is 23.2. The second-order valence-electron chi connectivity index (χ2n) is 9.85. The number of pyridine rings is 1. The third kappa shape index (κ3) is 5.91. The second kappa shape index (κ2) is 12.2. The SMILES string of the molecule is C=CCCN(c1nc(=O)n(-c2nccnc2C(C)C)c2nc(-c3c(O)cccc3F)c(F)cc12)C(C)CNC(C)=O. The summed E-state index contributed by atoms with van der Waals surface area (Å²) in [4.78, 5) is 44.7. The van der Waals surface area contributed by atoms with Crippen LogP contribution < -0.4 is 15.9 Å². The van der Waals surface area contributed by atoms with Gasteiger partial charge >= 0.3 is 5.69 Å². The van der Waals surface area contributed by atoms with Gasteiger partial charge in [0, 0.05) is 38.4 Å². The van der Waals surface area contributed by atoms with Gasteiger partial charge in [-0.15, -0.1) is 6.58 Å². The first-order valence-corrected chi connectivity index (χ1v) is 13.1. The predicted molar refractivity (Wildman–Crippen MR) is 152 cm³/mol. The number of aromatic hydroxyl groups is 1. The number of amides is 1. The summed E-state index contributed by atoms with van der Waals surface area (Å²) in [6.07, 6.45) is 5.08. The average molecular weight is 564 g/mol. The summed E-state index contributed by atoms with van der Waals surface area (Å²) >= 11 is 0. The highest BCUT2D eigenvalue weighted by Crippen LogP contribution is 2.36. The first kappa shape index (κ1) is 29.2. The van der Waals surface area contributed by atoms with Crippen molar-refractivity contribution in [3.8, 4) is 22.8 Å². The van der Waals surface area contributed by atoms with E-state index in [2.05, 4.69) is 31.8 Å². The van der Waals surface area contributed by atoms with E-state index in [0.717, 1.165) is 16.7 Å². The van der Waals surface area contributed by atoms with E-state index >= 15 is 4.39 Å². The molecule has 1 aromatic carbocycles. The molecular weight excluding hydrogens is 532 g/mol. The van der Waals surface area contributed by atoms with E-state index in [4.69, 9.17) is 0 Å². The van der Waals surface area contributed by atoms with E-state index < -0.39 is 34.3 Å². The summed E-state index contributed by atoms with van der Waals surface area (Å²) in [6.45, 7) is 11.3. The molecule has 3 heterocycles. The number of hydrogen-bond donors (Lipinski definition) is 2. The Morgan fingerprint density at radius 3 is 2.56 bits per heavy atom. The highest BCUT2D eigenvalue weighted by molar-refractivity contribution is 5.90. The Morgan fingerprint density at radius 2 is 1.90 bits per heavy atom. The van der Waals surface area contributed by atoms with Crippen LogP contribution in [0.15, 0.2) is 54.1 Å². The number of anilines is 1. The van der Waals surface area contributed by atoms with Crippen molar-refractivity contribution in [3.05, 3.63) is 77.1 Å². The number of carbonyl (C=O) groups excluding carboxylic acids is 1. The summed E-state index contributed by atoms with van der Waals surface area (Å²) in [5, 5.41) is 13.3. The summed E-state index contributed by atoms with van der Waals surface area (Å²) in [6, 6.07) is 4.32. The fourth-order valence-corrected chi connectivity index (χ4v) is 4.53. The van der Waals surface area contributed by atoms with Gasteiger partial charge in [0.05, 0.1) is 16.6 Å². The van der Waals surface area contributed by atoms with E-state index in [1.807, 2.05) is 20.8 Å². The lowest BCUT2D eigenvalue weighted by atomic mass is 10.1. The van der Waals surface area contributed by atoms with Crippen molar-refractivity contribution in [1.82, 2.24) is 29.8 Å². The van der Waals surface area contributed by atoms with E-state index in [0.29, 0.717) is 18.7 Å². The number of aromatic nitrogens is 5. The molecule has 0 saturated carbocycles. The maximum absolute atomic E-state index is 15.8. The average Bonchev–Trinajstić information content (AvgIpc) is 2.92. The molecule has 1 atom stereocenters. The minimum atomic E-state index is -0.937. The third-order valence-corrected chi connectivity index (χ3v) is 6.52. The van der Waals surface area contributed by atoms with Crippen LogP contribution in [0.25, 0.3) is 28.1 Å². The first-order valence-electron chi connectivity index (χ1n) is 13.1. The lowest BCUT2D eigenvalue weighted by molar-refractivity contribution is -0.119. The number of nitrogens with zero attached hydrogens (tertiary/aromatic N) is 6. The Morgan fingerprint density at radius 1 is 1.17 bits per heavy atom. The predicted octanol–water partition coefficient (Wildman–Crippen LogP) is 4.25. The van der Waals surface area contributed by atoms with Gasteiger partial charge in [0.25, 0.3) is 0 Å². The number of fused-ring (bicyclic) bond motifs is 1. The van der Waals surface area contributed by atoms with Gasteiger partial charge in [0.1, 0.15) is 23.1 Å². The van der Waals surface area contributed by atoms with Gasteiger partial charge in [-0.25, -0.2) is 28.1 Å². The number of phenolic OH excluding ortho intramolecular Hbond substituents is 1. The van der Waals surface area contributed by atoms with Crippen molar-refractivity contribution in [1.29, 1.82) is 0 Å². The molecular formula is C29H31F2N7O3. The molecule has 4 aromatic rings. The molecule has 0 saturated heterocycles. The standard InChI is InChI=1S/C29H31F2N7O3/c1-6-7-13-37(17(4)15-34-18(5)39)26-19-14-21(31)25(23-20(30)9-8-10-22(23)40)35-27(19)38(29(41)36-26)28-24(16(2)3)32-11-12-33-28/h6,8-12,14,16-17,40H,1,7,13,15H2,2-5H3,(H,34,39). The second-order valence-corrected chi connectivity index (χ2v) is 9.85. The van der Waals surface area contributed by atoms with Crippen molar-refractivity contribution in [2.45, 2.75) is 46.1 Å². The van der Waals surface area contributed by atoms with Gasteiger partial charge < -0.3 is 15.3 Å². The number of rotatable bonds is 10. The zero-order valence-corrected chi connectivity index (χ0v) is 23.2. The van der Waals surface area contributed by atoms with E-state index in [-0.39, 0.29) is 47.1 Å². The third-order valence-electron chi connectivity index (χ3n) is 6.52. The lowest BCUT2D eigenvalue weighted by Crippen LogP contribution is -2.44. The Hall–Kier alpha value is -4.74. The number of halogens is 2. The normalized spacial score (nSPS) is 12.0. The Labute approximate surface area is 235 Å². The van der Waals surface area contributed by atoms with Crippen LogP contribution in [0.3, 0.4) is 0 Å². The van der Waals surface area contributed by atoms with Gasteiger partial charge in [-0.1, -0.05) is 26.0 Å². The van der Waals surface area contributed by atoms with Crippen molar-refractivity contribution in [2.75, 3.05) is 18.0 Å². The van der Waals surface area contributed by atoms with Crippen LogP contribution in [-0.2, 0) is 4.79 Å². The minimum absolute atomic E-state index is 0.0585. The fraction of sp³-hybridized carbons (Fsp3) is 0.310. The fourth-order valence-electron chi connectivity index (χ4n) is 4.53. The lowest BCUT2D eigenvalue weighted by Gasteiger charge is -2.31. The van der Waals surface area contributed by atoms with Crippen molar-refractivity contribution < 1.29 is 18.7 Å². The summed E-state index contributed by atoms with van der Waals surface area (Å²) in [5.74, 6) is -2.48. The first-order chi connectivity index (χ1) is 19.5. The Bertz CT molecular complexity index is 1650. The maximum atomic E-state index is 15.8. The highest BCUT2D eigenvalue weighted by atomic mass is 19.1. The molecule has 3 aromatic heterocycles. The number of hydrogen-bond acceptors (Lipinski definition) is 8. The van der Waals surface area contributed by atoms with Crippen LogP contribution in [0, 0.1) is 11.6 Å². The molecule has 1 unspecified atom stereocenters. The van der Waals surface area contributed by atoms with Crippen LogP contribution in [0.1, 0.15) is 45.7 Å². The van der Waals surface area contributed by atoms with Gasteiger partial charge in [-0.3, -0.25) is 9.78 Å². The number of phenols is 1. The topological polar surface area (TPSA) is 126 Å². The number of benzene rings is 1. The van der Waals surface area contributed by atoms with Crippen LogP contribution >= 0.6 is 0 Å². The molecule has 12 heteroatoms. The smallest absolute Gasteiger partial charge is 0.357 e. The molecule has 4 rings (SSSR count). The molecule has 0 spiro atoms. The summed E-state index contributed by atoms with van der Waals surface area (Å²) in [7, 11) is 0. The molecule has 214 valence electrons. The van der Waals surface area contributed by atoms with Crippen LogP contribution in [0.2, 0.25) is 0 Å². The minimum Gasteiger partial charge on any atom is -0.507 e. The zero-order chi connectivity index (χ0) is 29.8. The van der Waals surface area contributed by atoms with Gasteiger partial charge in [-0.2, -0.15) is 4.98 Å². The number of nitrogens with one attached hydrogen (secondary N) is 1. The largest absolute Gasteiger partial charge is 0.507 e. The maximum Gasteiger partial charge on any atom is 0.357 e. The van der Waals surface area contributed by atoms with Crippen LogP contribution in [0.5, 0.6) is 5.75 Å². The van der Waals surface area contributed by atoms with Gasteiger partial charge in [-0.05, 0) is 37.5 Å². The van der Waals surface area contributed by atoms with Crippen molar-refractivity contribution in [2.24, 2.45) is 0 Å². The molecule has 10 nitrogen and oxygen atoms in total. The molecule has 0 aliphatic carbocycles. The van der Waals surface area contributed by atoms with Crippen molar-refractivity contribution in [3.63, 3.8) is 0 Å². The molecule has 0 radical (unpaired) electrons. The summed E-state index contributed by atoms with van der Waals surface area (Å²) in [5.41, 5.74) is -1.30. The van der Waals surface area contributed by atoms with Crippen LogP contribution in [0.4, 0.5) is 14.6 Å². The number of carbonyl (C=O) groups is 1. The molecule has 1 amide bonds. The summed E-state index contributed by atoms with van der Waals surface area (Å²) < 4.78 is 31.8. The molecule has 0 fully saturated rings. The Balaban J connectivity index is 2.10. The highest BCUT2D eigenvalue weighted by Gasteiger charge is 2.27. The molecule has 0 aliphatic rings. The monoisotopic (exact) mass is 563 g/mol. The van der Waals surface area contributed by atoms with E-state index in [1.54, 1.807) is 11.0 Å². The van der Waals surface area contributed by atoms with E-state index in [9.17, 15) is 19.1 Å². The molecule has 41 heavy (non-hydrogen) atoms. The quantitative estimate of drug-likeness (QED) is 0.274. The van der Waals surface area contributed by atoms with Crippen molar-refractivity contribution >= 4 is 22.8 Å². The van der Waals surface area contributed by atoms with Gasteiger partial charge in [0.15, 0.2) is 17.3 Å². The van der Waals surface area contributed by atoms with E-state index in [1.165, 1.54) is 31.5 Å². The van der Waals surface area contributed by atoms with Crippen LogP contribution in [-0.4, -0.2) is 54.6 Å². The molecule has 0 aliphatic heterocycles. The molecule has 2 N–H and O–H groups in total. The molecule has 0 bridgehead atoms. The van der Waals surface area contributed by atoms with Gasteiger partial charge in [0.2, 0.25) is 5.91 Å².